The number of amides is 1. The third-order valence-corrected chi connectivity index (χ3v) is 3.50. The van der Waals surface area contributed by atoms with Gasteiger partial charge in [0.25, 0.3) is 0 Å². The number of nitrogens with one attached hydrogen (secondary N) is 1. The van der Waals surface area contributed by atoms with Crippen LogP contribution >= 0.6 is 11.6 Å². The van der Waals surface area contributed by atoms with E-state index in [2.05, 4.69) is 14.9 Å². The number of imidazole rings is 1. The average Bonchev–Trinajstić information content (AvgIpc) is 3.03. The molecule has 0 radical (unpaired) electrons. The largest absolute Gasteiger partial charge is 0.353 e. The van der Waals surface area contributed by atoms with Gasteiger partial charge in [-0.1, -0.05) is 23.7 Å². The Morgan fingerprint density at radius 1 is 1.23 bits per heavy atom. The van der Waals surface area contributed by atoms with Crippen LogP contribution in [0.2, 0.25) is 5.02 Å². The second kappa shape index (κ2) is 9.05. The van der Waals surface area contributed by atoms with E-state index in [4.69, 9.17) is 11.6 Å². The molecule has 0 aliphatic heterocycles. The Morgan fingerprint density at radius 3 is 2.77 bits per heavy atom. The van der Waals surface area contributed by atoms with Gasteiger partial charge in [-0.15, -0.1) is 0 Å². The minimum atomic E-state index is -0.0652. The molecule has 1 aromatic carbocycles. The fourth-order valence-electron chi connectivity index (χ4n) is 2.03. The average molecular weight is 318 g/mol. The second-order valence-corrected chi connectivity index (χ2v) is 5.47. The highest BCUT2D eigenvalue weighted by atomic mass is 35.5. The summed E-state index contributed by atoms with van der Waals surface area (Å²) in [6.07, 6.45) is 12.1. The Hall–Kier alpha value is -2.07. The van der Waals surface area contributed by atoms with Crippen LogP contribution in [0.3, 0.4) is 0 Å². The van der Waals surface area contributed by atoms with Gasteiger partial charge in [0.05, 0.1) is 6.33 Å². The topological polar surface area (TPSA) is 46.9 Å². The lowest BCUT2D eigenvalue weighted by molar-refractivity contribution is -0.116. The number of unbranched alkanes of at least 4 members (excludes halogenated alkanes) is 2. The van der Waals surface area contributed by atoms with Crippen LogP contribution in [-0.2, 0) is 11.3 Å². The summed E-state index contributed by atoms with van der Waals surface area (Å²) in [6, 6.07) is 7.36. The first-order valence-electron chi connectivity index (χ1n) is 7.41. The molecule has 0 aliphatic rings. The van der Waals surface area contributed by atoms with Gasteiger partial charge in [-0.2, -0.15) is 0 Å². The van der Waals surface area contributed by atoms with E-state index in [0.717, 1.165) is 31.4 Å². The molecule has 0 atom stereocenters. The molecule has 0 saturated carbocycles. The zero-order chi connectivity index (χ0) is 15.6. The lowest BCUT2D eigenvalue weighted by atomic mass is 10.2. The minimum absolute atomic E-state index is 0.0652. The summed E-state index contributed by atoms with van der Waals surface area (Å²) in [6.45, 7) is 1.68. The van der Waals surface area contributed by atoms with Crippen LogP contribution in [0.15, 0.2) is 49.1 Å². The molecular formula is C17H20ClN3O. The zero-order valence-electron chi connectivity index (χ0n) is 12.4. The third kappa shape index (κ3) is 6.14. The first-order valence-corrected chi connectivity index (χ1v) is 7.79. The number of rotatable bonds is 8. The maximum absolute atomic E-state index is 11.7. The highest BCUT2D eigenvalue weighted by molar-refractivity contribution is 6.30. The molecule has 0 saturated heterocycles. The van der Waals surface area contributed by atoms with Crippen LogP contribution in [0.25, 0.3) is 6.08 Å². The highest BCUT2D eigenvalue weighted by Gasteiger charge is 1.96. The molecule has 1 aromatic heterocycles. The Morgan fingerprint density at radius 2 is 2.05 bits per heavy atom. The van der Waals surface area contributed by atoms with Crippen LogP contribution < -0.4 is 5.32 Å². The SMILES string of the molecule is O=C(/C=C/c1ccc(Cl)cc1)NCCCCCn1ccnc1. The number of halogens is 1. The van der Waals surface area contributed by atoms with Gasteiger partial charge in [0.15, 0.2) is 0 Å². The number of aryl methyl sites for hydroxylation is 1. The molecule has 5 heteroatoms. The van der Waals surface area contributed by atoms with E-state index in [9.17, 15) is 4.79 Å². The summed E-state index contributed by atoms with van der Waals surface area (Å²) >= 11 is 5.81. The molecule has 22 heavy (non-hydrogen) atoms. The number of hydrogen-bond acceptors (Lipinski definition) is 2. The third-order valence-electron chi connectivity index (χ3n) is 3.25. The summed E-state index contributed by atoms with van der Waals surface area (Å²) in [5.74, 6) is -0.0652. The molecule has 1 N–H and O–H groups in total. The molecule has 1 heterocycles. The van der Waals surface area contributed by atoms with Crippen molar-refractivity contribution in [2.75, 3.05) is 6.54 Å². The number of aromatic nitrogens is 2. The highest BCUT2D eigenvalue weighted by Crippen LogP contribution is 2.10. The van der Waals surface area contributed by atoms with Gasteiger partial charge in [-0.05, 0) is 43.0 Å². The summed E-state index contributed by atoms with van der Waals surface area (Å²) in [4.78, 5) is 15.7. The predicted octanol–water partition coefficient (Wildman–Crippen LogP) is 3.54. The fourth-order valence-corrected chi connectivity index (χ4v) is 2.16. The molecule has 0 spiro atoms. The van der Waals surface area contributed by atoms with Crippen LogP contribution in [-0.4, -0.2) is 22.0 Å². The Bertz CT molecular complexity index is 591. The van der Waals surface area contributed by atoms with Crippen molar-refractivity contribution in [3.63, 3.8) is 0 Å². The maximum Gasteiger partial charge on any atom is 0.243 e. The van der Waals surface area contributed by atoms with Gasteiger partial charge < -0.3 is 9.88 Å². The van der Waals surface area contributed by atoms with E-state index in [0.29, 0.717) is 11.6 Å². The van der Waals surface area contributed by atoms with Gasteiger partial charge in [0.1, 0.15) is 0 Å². The van der Waals surface area contributed by atoms with Crippen LogP contribution in [0.4, 0.5) is 0 Å². The zero-order valence-corrected chi connectivity index (χ0v) is 13.2. The fraction of sp³-hybridized carbons (Fsp3) is 0.294. The number of hydrogen-bond donors (Lipinski definition) is 1. The van der Waals surface area contributed by atoms with Gasteiger partial charge in [-0.25, -0.2) is 4.98 Å². The molecular weight excluding hydrogens is 298 g/mol. The molecule has 0 bridgehead atoms. The van der Waals surface area contributed by atoms with Crippen molar-refractivity contribution in [1.29, 1.82) is 0 Å². The summed E-state index contributed by atoms with van der Waals surface area (Å²) in [5.41, 5.74) is 0.958. The summed E-state index contributed by atoms with van der Waals surface area (Å²) < 4.78 is 2.06. The van der Waals surface area contributed by atoms with E-state index in [1.54, 1.807) is 30.5 Å². The van der Waals surface area contributed by atoms with Crippen molar-refractivity contribution in [1.82, 2.24) is 14.9 Å². The van der Waals surface area contributed by atoms with E-state index in [-0.39, 0.29) is 5.91 Å². The van der Waals surface area contributed by atoms with Gasteiger partial charge in [0.2, 0.25) is 5.91 Å². The van der Waals surface area contributed by atoms with E-state index in [1.807, 2.05) is 24.7 Å². The van der Waals surface area contributed by atoms with E-state index < -0.39 is 0 Å². The van der Waals surface area contributed by atoms with Crippen molar-refractivity contribution >= 4 is 23.6 Å². The van der Waals surface area contributed by atoms with Crippen molar-refractivity contribution in [3.05, 3.63) is 59.6 Å². The molecule has 1 amide bonds. The van der Waals surface area contributed by atoms with Crippen molar-refractivity contribution in [2.24, 2.45) is 0 Å². The summed E-state index contributed by atoms with van der Waals surface area (Å²) in [7, 11) is 0. The van der Waals surface area contributed by atoms with E-state index in [1.165, 1.54) is 0 Å². The first-order chi connectivity index (χ1) is 10.7. The molecule has 0 aliphatic carbocycles. The van der Waals surface area contributed by atoms with E-state index >= 15 is 0 Å². The Balaban J connectivity index is 1.56. The lowest BCUT2D eigenvalue weighted by Gasteiger charge is -2.03. The Labute approximate surface area is 135 Å². The number of benzene rings is 1. The second-order valence-electron chi connectivity index (χ2n) is 5.04. The maximum atomic E-state index is 11.7. The van der Waals surface area contributed by atoms with Gasteiger partial charge in [0, 0.05) is 36.6 Å². The van der Waals surface area contributed by atoms with Crippen LogP contribution in [0, 0.1) is 0 Å². The predicted molar refractivity (Wildman–Crippen MR) is 89.6 cm³/mol. The minimum Gasteiger partial charge on any atom is -0.353 e. The summed E-state index contributed by atoms with van der Waals surface area (Å²) in [5, 5.41) is 3.58. The standard InChI is InChI=1S/C17H20ClN3O/c18-16-7-4-15(5-8-16)6-9-17(22)20-10-2-1-3-12-21-13-11-19-14-21/h4-9,11,13-14H,1-3,10,12H2,(H,20,22)/b9-6+. The Kier molecular flexibility index (Phi) is 6.71. The normalized spacial score (nSPS) is 11.0. The van der Waals surface area contributed by atoms with Crippen molar-refractivity contribution in [2.45, 2.75) is 25.8 Å². The van der Waals surface area contributed by atoms with Gasteiger partial charge >= 0.3 is 0 Å². The molecule has 2 aromatic rings. The smallest absolute Gasteiger partial charge is 0.243 e. The molecule has 116 valence electrons. The van der Waals surface area contributed by atoms with Crippen molar-refractivity contribution < 1.29 is 4.79 Å². The number of carbonyl (C=O) groups is 1. The quantitative estimate of drug-likeness (QED) is 0.598. The van der Waals surface area contributed by atoms with Gasteiger partial charge in [-0.3, -0.25) is 4.79 Å². The molecule has 4 nitrogen and oxygen atoms in total. The first kappa shape index (κ1) is 16.3. The monoisotopic (exact) mass is 317 g/mol. The number of nitrogens with zero attached hydrogens (tertiary/aromatic N) is 2. The molecule has 0 fully saturated rings. The van der Waals surface area contributed by atoms with Crippen LogP contribution in [0.5, 0.6) is 0 Å². The van der Waals surface area contributed by atoms with Crippen LogP contribution in [0.1, 0.15) is 24.8 Å². The molecule has 0 unspecified atom stereocenters. The van der Waals surface area contributed by atoms with Crippen molar-refractivity contribution in [3.8, 4) is 0 Å². The number of carbonyl (C=O) groups excluding carboxylic acids is 1. The molecule has 2 rings (SSSR count). The lowest BCUT2D eigenvalue weighted by Crippen LogP contribution is -2.22.